The Hall–Kier alpha value is -2.30. The van der Waals surface area contributed by atoms with Gasteiger partial charge in [0, 0.05) is 43.2 Å². The largest absolute Gasteiger partial charge is 0.361 e. The highest BCUT2D eigenvalue weighted by molar-refractivity contribution is 5.82. The summed E-state index contributed by atoms with van der Waals surface area (Å²) in [5.41, 5.74) is 2.19. The van der Waals surface area contributed by atoms with Gasteiger partial charge < -0.3 is 15.2 Å². The Bertz CT molecular complexity index is 770. The Balaban J connectivity index is 1.26. The standard InChI is InChI=1S/C20H25N3O2/c24-19(22-13-14-4-5-15-6-9-21-18(15)12-14)16-7-10-23(11-8-16)20(25)17-2-1-3-17/h4-6,9,12,16-17,21H,1-3,7-8,10-11,13H2,(H,22,24). The number of amides is 2. The van der Waals surface area contributed by atoms with Crippen LogP contribution in [0.3, 0.4) is 0 Å². The summed E-state index contributed by atoms with van der Waals surface area (Å²) in [5, 5.41) is 4.24. The van der Waals surface area contributed by atoms with E-state index in [0.29, 0.717) is 12.5 Å². The van der Waals surface area contributed by atoms with Crippen LogP contribution >= 0.6 is 0 Å². The number of fused-ring (bicyclic) bond motifs is 1. The number of hydrogen-bond donors (Lipinski definition) is 2. The number of rotatable bonds is 4. The van der Waals surface area contributed by atoms with Crippen LogP contribution in [0.5, 0.6) is 0 Å². The summed E-state index contributed by atoms with van der Waals surface area (Å²) in [5.74, 6) is 0.708. The molecule has 2 N–H and O–H groups in total. The van der Waals surface area contributed by atoms with E-state index in [2.05, 4.69) is 28.5 Å². The lowest BCUT2D eigenvalue weighted by Crippen LogP contribution is -2.46. The van der Waals surface area contributed by atoms with E-state index in [1.807, 2.05) is 17.2 Å². The molecular formula is C20H25N3O2. The first-order valence-electron chi connectivity index (χ1n) is 9.33. The maximum atomic E-state index is 12.4. The maximum Gasteiger partial charge on any atom is 0.225 e. The molecule has 2 aliphatic rings. The molecule has 0 bridgehead atoms. The summed E-state index contributed by atoms with van der Waals surface area (Å²) in [6.45, 7) is 2.00. The second-order valence-electron chi connectivity index (χ2n) is 7.34. The van der Waals surface area contributed by atoms with Crippen molar-refractivity contribution in [1.29, 1.82) is 0 Å². The number of aromatic nitrogens is 1. The summed E-state index contributed by atoms with van der Waals surface area (Å²) >= 11 is 0. The first-order valence-corrected chi connectivity index (χ1v) is 9.33. The Morgan fingerprint density at radius 3 is 2.60 bits per heavy atom. The lowest BCUT2D eigenvalue weighted by Gasteiger charge is -2.36. The van der Waals surface area contributed by atoms with Gasteiger partial charge >= 0.3 is 0 Å². The number of nitrogens with one attached hydrogen (secondary N) is 2. The average molecular weight is 339 g/mol. The summed E-state index contributed by atoms with van der Waals surface area (Å²) in [7, 11) is 0. The summed E-state index contributed by atoms with van der Waals surface area (Å²) in [4.78, 5) is 29.9. The van der Waals surface area contributed by atoms with E-state index in [1.165, 1.54) is 11.8 Å². The number of H-pyrrole nitrogens is 1. The molecule has 1 saturated heterocycles. The van der Waals surface area contributed by atoms with Crippen molar-refractivity contribution in [3.05, 3.63) is 36.0 Å². The first kappa shape index (κ1) is 16.2. The van der Waals surface area contributed by atoms with Crippen molar-refractivity contribution >= 4 is 22.7 Å². The van der Waals surface area contributed by atoms with Crippen molar-refractivity contribution in [2.75, 3.05) is 13.1 Å². The van der Waals surface area contributed by atoms with Crippen LogP contribution in [0.2, 0.25) is 0 Å². The van der Waals surface area contributed by atoms with Gasteiger partial charge in [-0.25, -0.2) is 0 Å². The minimum atomic E-state index is 0.0275. The number of aromatic amines is 1. The van der Waals surface area contributed by atoms with Gasteiger partial charge in [-0.05, 0) is 48.8 Å². The third kappa shape index (κ3) is 3.41. The van der Waals surface area contributed by atoms with Crippen LogP contribution in [0.15, 0.2) is 30.5 Å². The fraction of sp³-hybridized carbons (Fsp3) is 0.500. The molecule has 2 heterocycles. The number of piperidine rings is 1. The summed E-state index contributed by atoms with van der Waals surface area (Å²) in [6.07, 6.45) is 6.75. The topological polar surface area (TPSA) is 65.2 Å². The predicted octanol–water partition coefficient (Wildman–Crippen LogP) is 2.82. The Morgan fingerprint density at radius 1 is 1.08 bits per heavy atom. The van der Waals surface area contributed by atoms with Crippen molar-refractivity contribution in [3.63, 3.8) is 0 Å². The number of hydrogen-bond acceptors (Lipinski definition) is 2. The zero-order valence-corrected chi connectivity index (χ0v) is 14.5. The highest BCUT2D eigenvalue weighted by Crippen LogP contribution is 2.30. The van der Waals surface area contributed by atoms with Gasteiger partial charge in [-0.15, -0.1) is 0 Å². The quantitative estimate of drug-likeness (QED) is 0.899. The zero-order chi connectivity index (χ0) is 17.2. The SMILES string of the molecule is O=C(NCc1ccc2cc[nH]c2c1)C1CCN(C(=O)C2CCC2)CC1. The van der Waals surface area contributed by atoms with Crippen LogP contribution in [0.4, 0.5) is 0 Å². The number of carbonyl (C=O) groups excluding carboxylic acids is 2. The third-order valence-corrected chi connectivity index (χ3v) is 5.72. The number of carbonyl (C=O) groups is 2. The van der Waals surface area contributed by atoms with E-state index in [-0.39, 0.29) is 17.7 Å². The van der Waals surface area contributed by atoms with E-state index in [9.17, 15) is 9.59 Å². The van der Waals surface area contributed by atoms with Crippen LogP contribution in [-0.2, 0) is 16.1 Å². The molecule has 1 aromatic heterocycles. The smallest absolute Gasteiger partial charge is 0.225 e. The van der Waals surface area contributed by atoms with E-state index in [0.717, 1.165) is 49.9 Å². The molecule has 4 rings (SSSR count). The van der Waals surface area contributed by atoms with Gasteiger partial charge in [-0.2, -0.15) is 0 Å². The fourth-order valence-electron chi connectivity index (χ4n) is 3.81. The molecule has 1 aromatic carbocycles. The first-order chi connectivity index (χ1) is 12.2. The molecule has 2 aromatic rings. The molecule has 132 valence electrons. The molecular weight excluding hydrogens is 314 g/mol. The van der Waals surface area contributed by atoms with Gasteiger partial charge in [0.05, 0.1) is 0 Å². The normalized spacial score (nSPS) is 19.0. The Kier molecular flexibility index (Phi) is 4.47. The molecule has 1 saturated carbocycles. The van der Waals surface area contributed by atoms with Gasteiger partial charge in [0.1, 0.15) is 0 Å². The van der Waals surface area contributed by atoms with Crippen LogP contribution in [0.25, 0.3) is 10.9 Å². The van der Waals surface area contributed by atoms with Gasteiger partial charge in [0.15, 0.2) is 0 Å². The average Bonchev–Trinajstić information content (AvgIpc) is 3.06. The lowest BCUT2D eigenvalue weighted by molar-refractivity contribution is -0.141. The van der Waals surface area contributed by atoms with Gasteiger partial charge in [-0.3, -0.25) is 9.59 Å². The molecule has 0 radical (unpaired) electrons. The van der Waals surface area contributed by atoms with Crippen molar-refractivity contribution in [2.24, 2.45) is 11.8 Å². The molecule has 5 heteroatoms. The summed E-state index contributed by atoms with van der Waals surface area (Å²) in [6, 6.07) is 8.24. The van der Waals surface area contributed by atoms with E-state index < -0.39 is 0 Å². The predicted molar refractivity (Wildman–Crippen MR) is 96.8 cm³/mol. The highest BCUT2D eigenvalue weighted by Gasteiger charge is 2.33. The Morgan fingerprint density at radius 2 is 1.88 bits per heavy atom. The number of likely N-dealkylation sites (tertiary alicyclic amines) is 1. The van der Waals surface area contributed by atoms with Gasteiger partial charge in [-0.1, -0.05) is 18.6 Å². The fourth-order valence-corrected chi connectivity index (χ4v) is 3.81. The lowest BCUT2D eigenvalue weighted by atomic mass is 9.83. The second-order valence-corrected chi connectivity index (χ2v) is 7.34. The van der Waals surface area contributed by atoms with Crippen LogP contribution in [0.1, 0.15) is 37.7 Å². The molecule has 2 fully saturated rings. The van der Waals surface area contributed by atoms with Crippen molar-refractivity contribution in [3.8, 4) is 0 Å². The minimum absolute atomic E-state index is 0.0275. The van der Waals surface area contributed by atoms with E-state index in [4.69, 9.17) is 0 Å². The molecule has 0 unspecified atom stereocenters. The van der Waals surface area contributed by atoms with Crippen molar-refractivity contribution in [1.82, 2.24) is 15.2 Å². The Labute approximate surface area is 147 Å². The molecule has 0 spiro atoms. The molecule has 25 heavy (non-hydrogen) atoms. The molecule has 0 atom stereocenters. The third-order valence-electron chi connectivity index (χ3n) is 5.72. The highest BCUT2D eigenvalue weighted by atomic mass is 16.2. The van der Waals surface area contributed by atoms with Gasteiger partial charge in [0.25, 0.3) is 0 Å². The second kappa shape index (κ2) is 6.90. The zero-order valence-electron chi connectivity index (χ0n) is 14.5. The number of nitrogens with zero attached hydrogens (tertiary/aromatic N) is 1. The molecule has 1 aliphatic heterocycles. The molecule has 5 nitrogen and oxygen atoms in total. The monoisotopic (exact) mass is 339 g/mol. The van der Waals surface area contributed by atoms with Gasteiger partial charge in [0.2, 0.25) is 11.8 Å². The summed E-state index contributed by atoms with van der Waals surface area (Å²) < 4.78 is 0. The molecule has 2 amide bonds. The van der Waals surface area contributed by atoms with E-state index >= 15 is 0 Å². The maximum absolute atomic E-state index is 12.4. The van der Waals surface area contributed by atoms with Crippen LogP contribution in [0, 0.1) is 11.8 Å². The minimum Gasteiger partial charge on any atom is -0.361 e. The van der Waals surface area contributed by atoms with Crippen LogP contribution < -0.4 is 5.32 Å². The van der Waals surface area contributed by atoms with Crippen LogP contribution in [-0.4, -0.2) is 34.8 Å². The van der Waals surface area contributed by atoms with E-state index in [1.54, 1.807) is 0 Å². The van der Waals surface area contributed by atoms with Crippen molar-refractivity contribution in [2.45, 2.75) is 38.6 Å². The molecule has 1 aliphatic carbocycles. The number of benzene rings is 1. The van der Waals surface area contributed by atoms with Crippen molar-refractivity contribution < 1.29 is 9.59 Å².